The number of benzene rings is 1. The van der Waals surface area contributed by atoms with Gasteiger partial charge in [0.05, 0.1) is 23.7 Å². The second kappa shape index (κ2) is 6.59. The van der Waals surface area contributed by atoms with Crippen molar-refractivity contribution in [2.75, 3.05) is 10.6 Å². The monoisotopic (exact) mass is 370 g/mol. The Morgan fingerprint density at radius 2 is 2.00 bits per heavy atom. The van der Waals surface area contributed by atoms with Gasteiger partial charge in [-0.25, -0.2) is 4.98 Å². The molecule has 2 heterocycles. The van der Waals surface area contributed by atoms with E-state index < -0.39 is 5.60 Å². The summed E-state index contributed by atoms with van der Waals surface area (Å²) in [6, 6.07) is 7.69. The molecule has 0 spiro atoms. The molecule has 1 aliphatic rings. The third kappa shape index (κ3) is 3.23. The van der Waals surface area contributed by atoms with Crippen molar-refractivity contribution in [1.82, 2.24) is 19.7 Å². The van der Waals surface area contributed by atoms with Gasteiger partial charge >= 0.3 is 0 Å². The van der Waals surface area contributed by atoms with Gasteiger partial charge in [0.1, 0.15) is 5.02 Å². The molecule has 0 atom stereocenters. The van der Waals surface area contributed by atoms with E-state index in [4.69, 9.17) is 11.6 Å². The molecule has 0 aliphatic heterocycles. The third-order valence-corrected chi connectivity index (χ3v) is 4.84. The number of nitrogens with zero attached hydrogens (tertiary/aromatic N) is 4. The zero-order valence-electron chi connectivity index (χ0n) is 14.3. The van der Waals surface area contributed by atoms with Crippen molar-refractivity contribution in [3.63, 3.8) is 0 Å². The van der Waals surface area contributed by atoms with Crippen molar-refractivity contribution in [3.05, 3.63) is 53.4 Å². The van der Waals surface area contributed by atoms with Gasteiger partial charge < -0.3 is 15.7 Å². The molecule has 3 aromatic rings. The molecule has 0 unspecified atom stereocenters. The Kier molecular flexibility index (Phi) is 4.26. The number of aromatic nitrogens is 4. The molecule has 0 amide bonds. The first-order valence-electron chi connectivity index (χ1n) is 8.41. The van der Waals surface area contributed by atoms with Gasteiger partial charge in [-0.3, -0.25) is 4.68 Å². The van der Waals surface area contributed by atoms with Crippen molar-refractivity contribution in [1.29, 1.82) is 0 Å². The maximum atomic E-state index is 10.7. The lowest BCUT2D eigenvalue weighted by atomic mass is 9.74. The van der Waals surface area contributed by atoms with Crippen LogP contribution in [-0.4, -0.2) is 24.9 Å². The standard InChI is InChI=1S/C18H19ClN6O/c1-25-11-12(9-21-25)22-17-20-10-14(19)16(24-17)23-15-6-3-2-5-13(15)18(26)7-4-8-18/h2-3,5-6,9-11,26H,4,7-8H2,1H3,(H2,20,22,23,24). The number of rotatable bonds is 5. The number of aryl methyl sites for hydroxylation is 1. The highest BCUT2D eigenvalue weighted by Gasteiger charge is 2.37. The molecular formula is C18H19ClN6O. The number of nitrogens with one attached hydrogen (secondary N) is 2. The van der Waals surface area contributed by atoms with Gasteiger partial charge in [-0.1, -0.05) is 29.8 Å². The second-order valence-electron chi connectivity index (χ2n) is 6.47. The van der Waals surface area contributed by atoms with Crippen LogP contribution in [0.1, 0.15) is 24.8 Å². The maximum absolute atomic E-state index is 10.7. The zero-order chi connectivity index (χ0) is 18.1. The van der Waals surface area contributed by atoms with Gasteiger partial charge in [0.25, 0.3) is 0 Å². The van der Waals surface area contributed by atoms with E-state index >= 15 is 0 Å². The predicted octanol–water partition coefficient (Wildman–Crippen LogP) is 3.72. The van der Waals surface area contributed by atoms with Crippen molar-refractivity contribution in [2.24, 2.45) is 7.05 Å². The number of hydrogen-bond donors (Lipinski definition) is 3. The van der Waals surface area contributed by atoms with Gasteiger partial charge in [-0.2, -0.15) is 10.1 Å². The summed E-state index contributed by atoms with van der Waals surface area (Å²) in [5, 5.41) is 21.6. The van der Waals surface area contributed by atoms with E-state index in [1.54, 1.807) is 10.9 Å². The zero-order valence-corrected chi connectivity index (χ0v) is 15.0. The summed E-state index contributed by atoms with van der Waals surface area (Å²) in [4.78, 5) is 8.66. The molecule has 4 rings (SSSR count). The number of para-hydroxylation sites is 1. The summed E-state index contributed by atoms with van der Waals surface area (Å²) in [5.74, 6) is 0.883. The quantitative estimate of drug-likeness (QED) is 0.634. The first-order valence-corrected chi connectivity index (χ1v) is 8.78. The fourth-order valence-electron chi connectivity index (χ4n) is 3.04. The van der Waals surface area contributed by atoms with E-state index in [0.29, 0.717) is 16.8 Å². The van der Waals surface area contributed by atoms with E-state index in [1.807, 2.05) is 37.5 Å². The largest absolute Gasteiger partial charge is 0.385 e. The summed E-state index contributed by atoms with van der Waals surface area (Å²) < 4.78 is 1.69. The lowest BCUT2D eigenvalue weighted by molar-refractivity contribution is -0.0381. The SMILES string of the molecule is Cn1cc(Nc2ncc(Cl)c(Nc3ccccc3C3(O)CCC3)n2)cn1. The second-order valence-corrected chi connectivity index (χ2v) is 6.88. The molecule has 1 saturated carbocycles. The highest BCUT2D eigenvalue weighted by atomic mass is 35.5. The molecule has 134 valence electrons. The topological polar surface area (TPSA) is 87.9 Å². The molecule has 2 aromatic heterocycles. The molecule has 0 radical (unpaired) electrons. The number of halogens is 1. The van der Waals surface area contributed by atoms with Crippen LogP contribution in [0, 0.1) is 0 Å². The molecule has 1 aromatic carbocycles. The van der Waals surface area contributed by atoms with E-state index in [9.17, 15) is 5.11 Å². The Bertz CT molecular complexity index is 937. The molecule has 7 nitrogen and oxygen atoms in total. The average Bonchev–Trinajstić information content (AvgIpc) is 3.01. The summed E-state index contributed by atoms with van der Waals surface area (Å²) in [5.41, 5.74) is 1.66. The molecule has 1 fully saturated rings. The highest BCUT2D eigenvalue weighted by Crippen LogP contribution is 2.44. The Morgan fingerprint density at radius 1 is 1.19 bits per heavy atom. The molecule has 1 aliphatic carbocycles. The molecule has 0 bridgehead atoms. The minimum absolute atomic E-state index is 0.400. The maximum Gasteiger partial charge on any atom is 0.229 e. The van der Waals surface area contributed by atoms with Crippen LogP contribution in [0.5, 0.6) is 0 Å². The van der Waals surface area contributed by atoms with Crippen LogP contribution < -0.4 is 10.6 Å². The van der Waals surface area contributed by atoms with E-state index in [-0.39, 0.29) is 0 Å². The summed E-state index contributed by atoms with van der Waals surface area (Å²) in [7, 11) is 1.84. The van der Waals surface area contributed by atoms with Gasteiger partial charge in [0.2, 0.25) is 5.95 Å². The van der Waals surface area contributed by atoms with Crippen molar-refractivity contribution in [3.8, 4) is 0 Å². The van der Waals surface area contributed by atoms with E-state index in [2.05, 4.69) is 25.7 Å². The number of aliphatic hydroxyl groups is 1. The summed E-state index contributed by atoms with van der Waals surface area (Å²) in [6.45, 7) is 0. The van der Waals surface area contributed by atoms with Crippen molar-refractivity contribution in [2.45, 2.75) is 24.9 Å². The van der Waals surface area contributed by atoms with Crippen LogP contribution in [0.2, 0.25) is 5.02 Å². The minimum atomic E-state index is -0.778. The Morgan fingerprint density at radius 3 is 2.69 bits per heavy atom. The number of hydrogen-bond acceptors (Lipinski definition) is 6. The van der Waals surface area contributed by atoms with Gasteiger partial charge in [-0.15, -0.1) is 0 Å². The minimum Gasteiger partial charge on any atom is -0.385 e. The van der Waals surface area contributed by atoms with E-state index in [0.717, 1.165) is 36.2 Å². The highest BCUT2D eigenvalue weighted by molar-refractivity contribution is 6.32. The van der Waals surface area contributed by atoms with Crippen LogP contribution in [0.25, 0.3) is 0 Å². The lowest BCUT2D eigenvalue weighted by Crippen LogP contribution is -2.34. The average molecular weight is 371 g/mol. The van der Waals surface area contributed by atoms with Gasteiger partial charge in [0.15, 0.2) is 5.82 Å². The molecule has 3 N–H and O–H groups in total. The summed E-state index contributed by atoms with van der Waals surface area (Å²) >= 11 is 6.27. The van der Waals surface area contributed by atoms with Crippen molar-refractivity contribution >= 4 is 34.7 Å². The predicted molar refractivity (Wildman–Crippen MR) is 101 cm³/mol. The first-order chi connectivity index (χ1) is 12.5. The molecule has 26 heavy (non-hydrogen) atoms. The van der Waals surface area contributed by atoms with Crippen LogP contribution in [0.3, 0.4) is 0 Å². The Labute approximate surface area is 156 Å². The van der Waals surface area contributed by atoms with Gasteiger partial charge in [0, 0.05) is 24.5 Å². The lowest BCUT2D eigenvalue weighted by Gasteiger charge is -2.38. The first kappa shape index (κ1) is 16.8. The smallest absolute Gasteiger partial charge is 0.229 e. The van der Waals surface area contributed by atoms with Crippen LogP contribution in [0.15, 0.2) is 42.9 Å². The fourth-order valence-corrected chi connectivity index (χ4v) is 3.17. The Hall–Kier alpha value is -2.64. The van der Waals surface area contributed by atoms with Crippen LogP contribution in [-0.2, 0) is 12.6 Å². The Balaban J connectivity index is 1.61. The summed E-state index contributed by atoms with van der Waals surface area (Å²) in [6.07, 6.45) is 7.60. The van der Waals surface area contributed by atoms with Crippen molar-refractivity contribution < 1.29 is 5.11 Å². The van der Waals surface area contributed by atoms with E-state index in [1.165, 1.54) is 6.20 Å². The van der Waals surface area contributed by atoms with Crippen LogP contribution in [0.4, 0.5) is 23.1 Å². The number of anilines is 4. The molecule has 8 heteroatoms. The molecular weight excluding hydrogens is 352 g/mol. The normalized spacial score (nSPS) is 15.3. The van der Waals surface area contributed by atoms with Gasteiger partial charge in [-0.05, 0) is 25.3 Å². The molecule has 0 saturated heterocycles. The third-order valence-electron chi connectivity index (χ3n) is 4.57. The van der Waals surface area contributed by atoms with Crippen LogP contribution >= 0.6 is 11.6 Å². The fraction of sp³-hybridized carbons (Fsp3) is 0.278.